The Bertz CT molecular complexity index is 859. The Morgan fingerprint density at radius 1 is 1.19 bits per heavy atom. The summed E-state index contributed by atoms with van der Waals surface area (Å²) in [5.41, 5.74) is -0.0726. The van der Waals surface area contributed by atoms with Crippen molar-refractivity contribution < 1.29 is 29.1 Å². The molecule has 0 fully saturated rings. The predicted molar refractivity (Wildman–Crippen MR) is 97.7 cm³/mol. The molecule has 142 valence electrons. The SMILES string of the molecule is O=C(O)c1ccc(N[C@H](CSCc2ccc(F)cc2)C(=O)O)c([N+](=O)[O-])c1. The van der Waals surface area contributed by atoms with Gasteiger partial charge >= 0.3 is 11.9 Å². The Balaban J connectivity index is 2.09. The van der Waals surface area contributed by atoms with Gasteiger partial charge in [0.05, 0.1) is 10.5 Å². The highest BCUT2D eigenvalue weighted by molar-refractivity contribution is 7.98. The van der Waals surface area contributed by atoms with E-state index in [9.17, 15) is 29.2 Å². The van der Waals surface area contributed by atoms with Crippen LogP contribution in [-0.4, -0.2) is 38.9 Å². The third-order valence-electron chi connectivity index (χ3n) is 3.54. The zero-order valence-electron chi connectivity index (χ0n) is 13.8. The van der Waals surface area contributed by atoms with E-state index in [1.165, 1.54) is 30.0 Å². The van der Waals surface area contributed by atoms with Crippen LogP contribution >= 0.6 is 11.8 Å². The predicted octanol–water partition coefficient (Wildman–Crippen LogP) is 3.23. The van der Waals surface area contributed by atoms with Gasteiger partial charge in [0.2, 0.25) is 0 Å². The van der Waals surface area contributed by atoms with Crippen molar-refractivity contribution in [3.63, 3.8) is 0 Å². The number of nitro benzene ring substituents is 1. The fraction of sp³-hybridized carbons (Fsp3) is 0.176. The second kappa shape index (κ2) is 8.99. The molecule has 0 bridgehead atoms. The molecular formula is C17H15FN2O6S. The average molecular weight is 394 g/mol. The van der Waals surface area contributed by atoms with Crippen molar-refractivity contribution in [2.24, 2.45) is 0 Å². The molecular weight excluding hydrogens is 379 g/mol. The molecule has 8 nitrogen and oxygen atoms in total. The number of nitrogens with zero attached hydrogens (tertiary/aromatic N) is 1. The van der Waals surface area contributed by atoms with Gasteiger partial charge in [0.1, 0.15) is 17.5 Å². The summed E-state index contributed by atoms with van der Waals surface area (Å²) in [6.45, 7) is 0. The molecule has 10 heteroatoms. The van der Waals surface area contributed by atoms with Crippen molar-refractivity contribution in [3.8, 4) is 0 Å². The van der Waals surface area contributed by atoms with Crippen LogP contribution in [-0.2, 0) is 10.5 Å². The number of benzene rings is 2. The minimum atomic E-state index is -1.32. The second-order valence-corrected chi connectivity index (χ2v) is 6.50. The monoisotopic (exact) mass is 394 g/mol. The van der Waals surface area contributed by atoms with Gasteiger partial charge in [-0.15, -0.1) is 0 Å². The summed E-state index contributed by atoms with van der Waals surface area (Å²) < 4.78 is 12.9. The highest BCUT2D eigenvalue weighted by Crippen LogP contribution is 2.27. The molecule has 0 aliphatic rings. The van der Waals surface area contributed by atoms with Crippen molar-refractivity contribution in [3.05, 3.63) is 69.5 Å². The molecule has 0 amide bonds. The van der Waals surface area contributed by atoms with Gasteiger partial charge in [-0.3, -0.25) is 10.1 Å². The lowest BCUT2D eigenvalue weighted by Gasteiger charge is -2.16. The number of rotatable bonds is 9. The van der Waals surface area contributed by atoms with E-state index < -0.39 is 28.6 Å². The summed E-state index contributed by atoms with van der Waals surface area (Å²) in [5, 5.41) is 32.0. The maximum Gasteiger partial charge on any atom is 0.335 e. The fourth-order valence-corrected chi connectivity index (χ4v) is 3.18. The number of aliphatic carboxylic acids is 1. The van der Waals surface area contributed by atoms with Crippen molar-refractivity contribution in [1.29, 1.82) is 0 Å². The van der Waals surface area contributed by atoms with E-state index in [4.69, 9.17) is 5.11 Å². The van der Waals surface area contributed by atoms with E-state index in [1.54, 1.807) is 12.1 Å². The Morgan fingerprint density at radius 2 is 1.85 bits per heavy atom. The quantitative estimate of drug-likeness (QED) is 0.437. The molecule has 2 rings (SSSR count). The second-order valence-electron chi connectivity index (χ2n) is 5.47. The first-order valence-electron chi connectivity index (χ1n) is 7.61. The third kappa shape index (κ3) is 5.68. The van der Waals surface area contributed by atoms with Crippen LogP contribution in [0.1, 0.15) is 15.9 Å². The molecule has 2 aromatic carbocycles. The van der Waals surface area contributed by atoms with Crippen molar-refractivity contribution >= 4 is 35.1 Å². The minimum absolute atomic E-state index is 0.0835. The largest absolute Gasteiger partial charge is 0.480 e. The standard InChI is InChI=1S/C17H15FN2O6S/c18-12-4-1-10(2-5-12)8-27-9-14(17(23)24)19-13-6-3-11(16(21)22)7-15(13)20(25)26/h1-7,14,19H,8-9H2,(H,21,22)(H,23,24)/t14-/m1/s1. The van der Waals surface area contributed by atoms with Crippen LogP contribution in [0.2, 0.25) is 0 Å². The van der Waals surface area contributed by atoms with Crippen molar-refractivity contribution in [1.82, 2.24) is 0 Å². The molecule has 0 aliphatic heterocycles. The summed E-state index contributed by atoms with van der Waals surface area (Å²) in [7, 11) is 0. The van der Waals surface area contributed by atoms with E-state index >= 15 is 0 Å². The third-order valence-corrected chi connectivity index (χ3v) is 4.64. The van der Waals surface area contributed by atoms with E-state index in [0.29, 0.717) is 5.75 Å². The molecule has 2 aromatic rings. The van der Waals surface area contributed by atoms with Crippen LogP contribution in [0.4, 0.5) is 15.8 Å². The summed E-state index contributed by atoms with van der Waals surface area (Å²) in [4.78, 5) is 32.8. The van der Waals surface area contributed by atoms with E-state index in [2.05, 4.69) is 5.32 Å². The van der Waals surface area contributed by atoms with Crippen molar-refractivity contribution in [2.45, 2.75) is 11.8 Å². The van der Waals surface area contributed by atoms with Gasteiger partial charge in [-0.2, -0.15) is 11.8 Å². The number of anilines is 1. The zero-order chi connectivity index (χ0) is 20.0. The van der Waals surface area contributed by atoms with Crippen LogP contribution in [0.15, 0.2) is 42.5 Å². The first kappa shape index (κ1) is 20.2. The van der Waals surface area contributed by atoms with E-state index in [0.717, 1.165) is 17.7 Å². The Morgan fingerprint density at radius 3 is 2.41 bits per heavy atom. The number of carboxylic acid groups (broad SMARTS) is 2. The lowest BCUT2D eigenvalue weighted by molar-refractivity contribution is -0.384. The zero-order valence-corrected chi connectivity index (χ0v) is 14.6. The lowest BCUT2D eigenvalue weighted by Crippen LogP contribution is -2.32. The first-order valence-corrected chi connectivity index (χ1v) is 8.76. The van der Waals surface area contributed by atoms with Gasteiger partial charge in [0.25, 0.3) is 5.69 Å². The molecule has 1 atom stereocenters. The molecule has 27 heavy (non-hydrogen) atoms. The van der Waals surface area contributed by atoms with Gasteiger partial charge in [-0.1, -0.05) is 12.1 Å². The minimum Gasteiger partial charge on any atom is -0.480 e. The molecule has 0 aromatic heterocycles. The molecule has 0 spiro atoms. The number of nitro groups is 1. The Hall–Kier alpha value is -3.14. The van der Waals surface area contributed by atoms with Gasteiger partial charge < -0.3 is 15.5 Å². The molecule has 3 N–H and O–H groups in total. The number of aromatic carboxylic acids is 1. The van der Waals surface area contributed by atoms with Crippen LogP contribution < -0.4 is 5.32 Å². The highest BCUT2D eigenvalue weighted by atomic mass is 32.2. The number of halogens is 1. The number of hydrogen-bond donors (Lipinski definition) is 3. The van der Waals surface area contributed by atoms with Gasteiger partial charge in [0.15, 0.2) is 0 Å². The van der Waals surface area contributed by atoms with E-state index in [-0.39, 0.29) is 22.8 Å². The summed E-state index contributed by atoms with van der Waals surface area (Å²) in [6, 6.07) is 7.83. The van der Waals surface area contributed by atoms with Crippen LogP contribution in [0.5, 0.6) is 0 Å². The van der Waals surface area contributed by atoms with Crippen LogP contribution in [0.3, 0.4) is 0 Å². The number of nitrogens with one attached hydrogen (secondary N) is 1. The summed E-state index contributed by atoms with van der Waals surface area (Å²) >= 11 is 1.26. The summed E-state index contributed by atoms with van der Waals surface area (Å²) in [6.07, 6.45) is 0. The topological polar surface area (TPSA) is 130 Å². The summed E-state index contributed by atoms with van der Waals surface area (Å²) in [5.74, 6) is -2.38. The number of carbonyl (C=O) groups is 2. The normalized spacial score (nSPS) is 11.6. The van der Waals surface area contributed by atoms with Crippen molar-refractivity contribution in [2.75, 3.05) is 11.1 Å². The van der Waals surface area contributed by atoms with Gasteiger partial charge in [-0.05, 0) is 29.8 Å². The average Bonchev–Trinajstić information content (AvgIpc) is 2.62. The maximum atomic E-state index is 12.9. The lowest BCUT2D eigenvalue weighted by atomic mass is 10.1. The van der Waals surface area contributed by atoms with Gasteiger partial charge in [-0.25, -0.2) is 14.0 Å². The highest BCUT2D eigenvalue weighted by Gasteiger charge is 2.23. The number of carboxylic acids is 2. The first-order chi connectivity index (χ1) is 12.8. The smallest absolute Gasteiger partial charge is 0.335 e. The number of thioether (sulfide) groups is 1. The molecule has 0 heterocycles. The molecule has 0 radical (unpaired) electrons. The van der Waals surface area contributed by atoms with Gasteiger partial charge in [0, 0.05) is 17.6 Å². The number of hydrogen-bond acceptors (Lipinski definition) is 6. The van der Waals surface area contributed by atoms with E-state index in [1.807, 2.05) is 0 Å². The maximum absolute atomic E-state index is 12.9. The Labute approximate surface area is 157 Å². The molecule has 0 unspecified atom stereocenters. The Kier molecular flexibility index (Phi) is 6.72. The molecule has 0 aliphatic carbocycles. The van der Waals surface area contributed by atoms with Crippen LogP contribution in [0, 0.1) is 15.9 Å². The van der Waals surface area contributed by atoms with Crippen LogP contribution in [0.25, 0.3) is 0 Å². The molecule has 0 saturated heterocycles. The fourth-order valence-electron chi connectivity index (χ4n) is 2.18. The molecule has 0 saturated carbocycles.